The fraction of sp³-hybridized carbons (Fsp3) is 0.391. The minimum atomic E-state index is -0.398. The number of benzene rings is 1. The molecule has 1 fully saturated rings. The van der Waals surface area contributed by atoms with Crippen LogP contribution in [0.3, 0.4) is 0 Å². The average molecular weight is 439 g/mol. The first-order valence-corrected chi connectivity index (χ1v) is 11.0. The number of oxazole rings is 1. The number of ether oxygens (including phenoxy) is 1. The van der Waals surface area contributed by atoms with Crippen LogP contribution in [0.15, 0.2) is 41.1 Å². The van der Waals surface area contributed by atoms with Crippen molar-refractivity contribution < 1.29 is 13.5 Å². The van der Waals surface area contributed by atoms with E-state index in [1.807, 2.05) is 24.4 Å². The molecule has 3 aromatic rings. The molecule has 1 aromatic carbocycles. The van der Waals surface area contributed by atoms with Gasteiger partial charge in [-0.3, -0.25) is 5.32 Å². The zero-order chi connectivity index (χ0) is 22.1. The van der Waals surface area contributed by atoms with E-state index in [2.05, 4.69) is 44.2 Å². The lowest BCUT2D eigenvalue weighted by atomic mass is 10.1. The summed E-state index contributed by atoms with van der Waals surface area (Å²) < 4.78 is 25.9. The van der Waals surface area contributed by atoms with Gasteiger partial charge in [-0.1, -0.05) is 0 Å². The number of piperazine rings is 1. The van der Waals surface area contributed by atoms with Crippen LogP contribution in [0.1, 0.15) is 13.8 Å². The number of rotatable bonds is 5. The van der Waals surface area contributed by atoms with E-state index in [9.17, 15) is 4.39 Å². The third-order valence-corrected chi connectivity index (χ3v) is 5.80. The van der Waals surface area contributed by atoms with Crippen molar-refractivity contribution in [3.63, 3.8) is 0 Å². The monoisotopic (exact) mass is 438 g/mol. The first-order valence-electron chi connectivity index (χ1n) is 11.0. The van der Waals surface area contributed by atoms with Crippen LogP contribution in [0.25, 0.3) is 11.3 Å². The first kappa shape index (κ1) is 20.6. The van der Waals surface area contributed by atoms with Gasteiger partial charge >= 0.3 is 6.01 Å². The largest absolute Gasteiger partial charge is 0.486 e. The van der Waals surface area contributed by atoms with Crippen LogP contribution < -0.4 is 25.2 Å². The molecule has 2 aromatic heterocycles. The van der Waals surface area contributed by atoms with Gasteiger partial charge in [0.15, 0.2) is 11.6 Å². The minimum absolute atomic E-state index is 0.233. The lowest BCUT2D eigenvalue weighted by Crippen LogP contribution is -2.43. The number of fused-ring (bicyclic) bond motifs is 1. The fourth-order valence-electron chi connectivity index (χ4n) is 4.13. The first-order chi connectivity index (χ1) is 15.6. The maximum absolute atomic E-state index is 14.8. The minimum Gasteiger partial charge on any atom is -0.486 e. The molecule has 2 aliphatic rings. The lowest BCUT2D eigenvalue weighted by Gasteiger charge is -2.34. The molecule has 0 spiro atoms. The number of pyridine rings is 1. The van der Waals surface area contributed by atoms with Gasteiger partial charge < -0.3 is 24.3 Å². The number of halogens is 1. The van der Waals surface area contributed by atoms with E-state index in [1.165, 1.54) is 12.3 Å². The number of nitrogens with zero attached hydrogens (tertiary/aromatic N) is 4. The van der Waals surface area contributed by atoms with Gasteiger partial charge in [-0.2, -0.15) is 4.98 Å². The molecule has 0 amide bonds. The molecule has 0 radical (unpaired) electrons. The standard InChI is InChI=1S/C23H27FN6O2/c1-15(2)30-9-10-31-22-18(24)11-16(12-20(22)30)19-14-32-23(27-19)28-21-4-3-17(13-26-21)29-7-5-25-6-8-29/h3-4,11-15,25H,5-10H2,1-2H3,(H,26,27,28). The SMILES string of the molecule is CC(C)N1CCOc2c(F)cc(-c3coc(Nc4ccc(N5CCNCC5)cn4)n3)cc21. The van der Waals surface area contributed by atoms with Gasteiger partial charge in [0.1, 0.15) is 24.4 Å². The maximum Gasteiger partial charge on any atom is 0.300 e. The van der Waals surface area contributed by atoms with Crippen LogP contribution in [0, 0.1) is 5.82 Å². The Kier molecular flexibility index (Phi) is 5.57. The van der Waals surface area contributed by atoms with Crippen molar-refractivity contribution in [3.05, 3.63) is 42.5 Å². The van der Waals surface area contributed by atoms with Gasteiger partial charge in [0, 0.05) is 37.8 Å². The van der Waals surface area contributed by atoms with E-state index in [-0.39, 0.29) is 6.04 Å². The molecule has 0 bridgehead atoms. The second-order valence-corrected chi connectivity index (χ2v) is 8.24. The van der Waals surface area contributed by atoms with Crippen molar-refractivity contribution in [3.8, 4) is 17.0 Å². The highest BCUT2D eigenvalue weighted by Crippen LogP contribution is 2.39. The van der Waals surface area contributed by atoms with Crippen LogP contribution >= 0.6 is 0 Å². The van der Waals surface area contributed by atoms with Crippen LogP contribution in [-0.4, -0.2) is 55.3 Å². The number of hydrogen-bond donors (Lipinski definition) is 2. The molecule has 9 heteroatoms. The third-order valence-electron chi connectivity index (χ3n) is 5.80. The predicted molar refractivity (Wildman–Crippen MR) is 122 cm³/mol. The highest BCUT2D eigenvalue weighted by Gasteiger charge is 2.25. The van der Waals surface area contributed by atoms with Crippen LogP contribution in [-0.2, 0) is 0 Å². The zero-order valence-electron chi connectivity index (χ0n) is 18.3. The number of nitrogens with one attached hydrogen (secondary N) is 2. The summed E-state index contributed by atoms with van der Waals surface area (Å²) in [5, 5.41) is 6.42. The van der Waals surface area contributed by atoms with E-state index in [1.54, 1.807) is 0 Å². The van der Waals surface area contributed by atoms with Crippen LogP contribution in [0.5, 0.6) is 5.75 Å². The van der Waals surface area contributed by atoms with Crippen molar-refractivity contribution in [2.24, 2.45) is 0 Å². The van der Waals surface area contributed by atoms with Crippen molar-refractivity contribution in [2.45, 2.75) is 19.9 Å². The van der Waals surface area contributed by atoms with Crippen molar-refractivity contribution in [1.82, 2.24) is 15.3 Å². The molecular formula is C23H27FN6O2. The second kappa shape index (κ2) is 8.66. The molecule has 2 N–H and O–H groups in total. The third kappa shape index (κ3) is 4.08. The average Bonchev–Trinajstić information content (AvgIpc) is 3.28. The molecule has 5 rings (SSSR count). The molecule has 0 saturated carbocycles. The van der Waals surface area contributed by atoms with E-state index in [0.717, 1.165) is 44.1 Å². The van der Waals surface area contributed by atoms with Gasteiger partial charge in [0.25, 0.3) is 0 Å². The summed E-state index contributed by atoms with van der Waals surface area (Å²) in [5.41, 5.74) is 3.01. The normalized spacial score (nSPS) is 16.1. The predicted octanol–water partition coefficient (Wildman–Crippen LogP) is 3.64. The molecule has 32 heavy (non-hydrogen) atoms. The summed E-state index contributed by atoms with van der Waals surface area (Å²) in [5.74, 6) is 0.531. The summed E-state index contributed by atoms with van der Waals surface area (Å²) >= 11 is 0. The van der Waals surface area contributed by atoms with E-state index in [0.29, 0.717) is 35.4 Å². The van der Waals surface area contributed by atoms with Gasteiger partial charge in [-0.25, -0.2) is 9.37 Å². The Bertz CT molecular complexity index is 1080. The summed E-state index contributed by atoms with van der Waals surface area (Å²) in [4.78, 5) is 13.4. The molecule has 168 valence electrons. The topological polar surface area (TPSA) is 78.7 Å². The quantitative estimate of drug-likeness (QED) is 0.625. The zero-order valence-corrected chi connectivity index (χ0v) is 18.3. The van der Waals surface area contributed by atoms with Gasteiger partial charge in [0.2, 0.25) is 0 Å². The summed E-state index contributed by atoms with van der Waals surface area (Å²) in [6.45, 7) is 9.24. The Morgan fingerprint density at radius 3 is 2.75 bits per heavy atom. The molecule has 2 aliphatic heterocycles. The van der Waals surface area contributed by atoms with Crippen LogP contribution in [0.2, 0.25) is 0 Å². The molecule has 4 heterocycles. The van der Waals surface area contributed by atoms with E-state index >= 15 is 0 Å². The lowest BCUT2D eigenvalue weighted by molar-refractivity contribution is 0.287. The number of aromatic nitrogens is 2. The van der Waals surface area contributed by atoms with Crippen molar-refractivity contribution >= 4 is 23.2 Å². The Morgan fingerprint density at radius 2 is 2.00 bits per heavy atom. The highest BCUT2D eigenvalue weighted by molar-refractivity contribution is 5.72. The van der Waals surface area contributed by atoms with E-state index < -0.39 is 5.82 Å². The summed E-state index contributed by atoms with van der Waals surface area (Å²) in [6, 6.07) is 7.81. The van der Waals surface area contributed by atoms with Gasteiger partial charge in [0.05, 0.1) is 24.1 Å². The Balaban J connectivity index is 1.34. The van der Waals surface area contributed by atoms with Crippen LogP contribution in [0.4, 0.5) is 27.6 Å². The Hall–Kier alpha value is -3.33. The highest BCUT2D eigenvalue weighted by atomic mass is 19.1. The Labute approximate surface area is 186 Å². The molecule has 0 unspecified atom stereocenters. The summed E-state index contributed by atoms with van der Waals surface area (Å²) in [7, 11) is 0. The van der Waals surface area contributed by atoms with Crippen molar-refractivity contribution in [1.29, 1.82) is 0 Å². The second-order valence-electron chi connectivity index (χ2n) is 8.24. The van der Waals surface area contributed by atoms with E-state index in [4.69, 9.17) is 9.15 Å². The molecule has 1 saturated heterocycles. The number of hydrogen-bond acceptors (Lipinski definition) is 8. The maximum atomic E-state index is 14.8. The molecule has 0 atom stereocenters. The van der Waals surface area contributed by atoms with Gasteiger partial charge in [-0.05, 0) is 38.1 Å². The Morgan fingerprint density at radius 1 is 1.16 bits per heavy atom. The summed E-state index contributed by atoms with van der Waals surface area (Å²) in [6.07, 6.45) is 3.36. The molecule has 0 aliphatic carbocycles. The smallest absolute Gasteiger partial charge is 0.300 e. The molecular weight excluding hydrogens is 411 g/mol. The van der Waals surface area contributed by atoms with Gasteiger partial charge in [-0.15, -0.1) is 0 Å². The molecule has 8 nitrogen and oxygen atoms in total. The fourth-order valence-corrected chi connectivity index (χ4v) is 4.13. The number of anilines is 4. The van der Waals surface area contributed by atoms with Crippen molar-refractivity contribution in [2.75, 3.05) is 54.4 Å².